The molecule has 0 fully saturated rings. The average Bonchev–Trinajstić information content (AvgIpc) is 2.48. The van der Waals surface area contributed by atoms with Crippen molar-refractivity contribution < 1.29 is 67.4 Å². The first-order chi connectivity index (χ1) is 11.3. The first-order valence-corrected chi connectivity index (χ1v) is 7.54. The molecule has 1 amide bonds. The molecule has 27 heavy (non-hydrogen) atoms. The highest BCUT2D eigenvalue weighted by molar-refractivity contribution is 5.94. The number of amides is 1. The number of nitrogens with one attached hydrogen (secondary N) is 1. The number of carbonyl (C=O) groups excluding carboxylic acids is 1. The van der Waals surface area contributed by atoms with E-state index in [1.807, 2.05) is 6.92 Å². The first kappa shape index (κ1) is 28.0. The van der Waals surface area contributed by atoms with Gasteiger partial charge in [0.25, 0.3) is 5.91 Å². The fraction of sp³-hybridized carbons (Fsp3) is 0.533. The van der Waals surface area contributed by atoms with E-state index in [1.54, 1.807) is 0 Å². The number of benzene rings is 1. The molecule has 2 atom stereocenters. The molecular weight excluding hydrogens is 423 g/mol. The van der Waals surface area contributed by atoms with Crippen molar-refractivity contribution in [3.05, 3.63) is 34.9 Å². The summed E-state index contributed by atoms with van der Waals surface area (Å²) < 4.78 is 76.6. The van der Waals surface area contributed by atoms with Crippen LogP contribution in [0.4, 0.5) is 26.3 Å². The molecule has 0 aromatic heterocycles. The lowest BCUT2D eigenvalue weighted by molar-refractivity contribution is -0.435. The van der Waals surface area contributed by atoms with Crippen molar-refractivity contribution in [2.24, 2.45) is 0 Å². The zero-order chi connectivity index (χ0) is 19.4. The molecule has 0 aliphatic rings. The highest BCUT2D eigenvalue weighted by Crippen LogP contribution is 2.36. The van der Waals surface area contributed by atoms with Crippen LogP contribution >= 0.6 is 0 Å². The number of hydrogen-bond acceptors (Lipinski definition) is 1. The smallest absolute Gasteiger partial charge is 0.416 e. The lowest BCUT2D eigenvalue weighted by Gasteiger charge is -2.15. The summed E-state index contributed by atoms with van der Waals surface area (Å²) in [5, 5.41) is 2.32. The fourth-order valence-corrected chi connectivity index (χ4v) is 2.05. The number of halogens is 8. The SMILES string of the molecule is CC([NH3+])CC[C@H]([NH3+])CNC(=O)c1cc(C(F)(F)F)cc(C(F)(F)F)c1.[Cl-].[Cl-]. The van der Waals surface area contributed by atoms with E-state index in [0.29, 0.717) is 18.6 Å². The first-order valence-electron chi connectivity index (χ1n) is 7.54. The maximum absolute atomic E-state index is 12.8. The Hall–Kier alpha value is -1.23. The molecule has 1 rings (SSSR count). The predicted molar refractivity (Wildman–Crippen MR) is 77.0 cm³/mol. The van der Waals surface area contributed by atoms with Crippen LogP contribution < -0.4 is 41.6 Å². The van der Waals surface area contributed by atoms with Gasteiger partial charge >= 0.3 is 12.4 Å². The molecular formula is C15H21Cl2F6N3O. The molecule has 0 radical (unpaired) electrons. The second-order valence-electron chi connectivity index (χ2n) is 6.05. The van der Waals surface area contributed by atoms with Crippen LogP contribution in [0.25, 0.3) is 0 Å². The summed E-state index contributed by atoms with van der Waals surface area (Å²) in [6.45, 7) is 1.94. The topological polar surface area (TPSA) is 84.4 Å². The number of carbonyl (C=O) groups is 1. The number of hydrogen-bond donors (Lipinski definition) is 3. The molecule has 7 N–H and O–H groups in total. The van der Waals surface area contributed by atoms with Crippen LogP contribution in [0, 0.1) is 0 Å². The Bertz CT molecular complexity index is 576. The van der Waals surface area contributed by atoms with Gasteiger partial charge in [-0.15, -0.1) is 0 Å². The highest BCUT2D eigenvalue weighted by atomic mass is 35.5. The van der Waals surface area contributed by atoms with Gasteiger partial charge in [0.2, 0.25) is 0 Å². The van der Waals surface area contributed by atoms with Crippen LogP contribution in [0.3, 0.4) is 0 Å². The van der Waals surface area contributed by atoms with Crippen LogP contribution in [-0.4, -0.2) is 24.5 Å². The second kappa shape index (κ2) is 10.9. The Morgan fingerprint density at radius 2 is 1.41 bits per heavy atom. The van der Waals surface area contributed by atoms with E-state index >= 15 is 0 Å². The molecule has 1 aromatic rings. The standard InChI is InChI=1S/C15H19F6N3O.2ClH/c1-8(22)2-3-12(23)7-24-13(25)9-4-10(14(16,17)18)6-11(5-9)15(19,20)21;;/h4-6,8,12H,2-3,7,22-23H2,1H3,(H,24,25);2*1H/t8?,12-;;/m0../s1. The maximum Gasteiger partial charge on any atom is 0.416 e. The van der Waals surface area contributed by atoms with Crippen molar-refractivity contribution >= 4 is 5.91 Å². The lowest BCUT2D eigenvalue weighted by Crippen LogP contribution is -3.00. The molecule has 0 heterocycles. The van der Waals surface area contributed by atoms with E-state index in [1.165, 1.54) is 0 Å². The molecule has 0 bridgehead atoms. The molecule has 0 aliphatic carbocycles. The molecule has 0 spiro atoms. The lowest BCUT2D eigenvalue weighted by atomic mass is 10.0. The van der Waals surface area contributed by atoms with Crippen LogP contribution in [0.15, 0.2) is 18.2 Å². The van der Waals surface area contributed by atoms with Gasteiger partial charge in [-0.25, -0.2) is 0 Å². The Morgan fingerprint density at radius 1 is 0.963 bits per heavy atom. The van der Waals surface area contributed by atoms with Gasteiger partial charge in [-0.05, 0) is 25.1 Å². The number of quaternary nitrogens is 2. The van der Waals surface area contributed by atoms with E-state index in [2.05, 4.69) is 16.8 Å². The van der Waals surface area contributed by atoms with Crippen LogP contribution in [0.2, 0.25) is 0 Å². The third-order valence-electron chi connectivity index (χ3n) is 3.47. The highest BCUT2D eigenvalue weighted by Gasteiger charge is 2.37. The van der Waals surface area contributed by atoms with E-state index in [-0.39, 0.29) is 49.5 Å². The van der Waals surface area contributed by atoms with E-state index in [4.69, 9.17) is 0 Å². The zero-order valence-corrected chi connectivity index (χ0v) is 15.9. The average molecular weight is 444 g/mol. The fourth-order valence-electron chi connectivity index (χ4n) is 2.05. The van der Waals surface area contributed by atoms with Gasteiger partial charge in [0.05, 0.1) is 23.7 Å². The predicted octanol–water partition coefficient (Wildman–Crippen LogP) is -4.52. The molecule has 0 aliphatic heterocycles. The zero-order valence-electron chi connectivity index (χ0n) is 14.4. The van der Waals surface area contributed by atoms with Crippen LogP contribution in [-0.2, 0) is 12.4 Å². The third kappa shape index (κ3) is 9.50. The molecule has 1 aromatic carbocycles. The summed E-state index contributed by atoms with van der Waals surface area (Å²) in [7, 11) is 0. The molecule has 12 heteroatoms. The Kier molecular flexibility index (Phi) is 11.3. The van der Waals surface area contributed by atoms with Gasteiger partial charge in [0.1, 0.15) is 6.04 Å². The van der Waals surface area contributed by atoms with Crippen molar-refractivity contribution in [2.75, 3.05) is 6.54 Å². The monoisotopic (exact) mass is 443 g/mol. The summed E-state index contributed by atoms with van der Waals surface area (Å²) in [6.07, 6.45) is -8.61. The van der Waals surface area contributed by atoms with Gasteiger partial charge in [0.15, 0.2) is 0 Å². The quantitative estimate of drug-likeness (QED) is 0.380. The van der Waals surface area contributed by atoms with Crippen molar-refractivity contribution in [3.8, 4) is 0 Å². The maximum atomic E-state index is 12.8. The molecule has 0 saturated heterocycles. The number of rotatable bonds is 6. The summed E-state index contributed by atoms with van der Waals surface area (Å²) in [6, 6.07) is 0.747. The minimum Gasteiger partial charge on any atom is -1.00 e. The minimum atomic E-state index is -4.99. The van der Waals surface area contributed by atoms with Gasteiger partial charge in [-0.2, -0.15) is 26.3 Å². The van der Waals surface area contributed by atoms with Gasteiger partial charge in [0, 0.05) is 18.4 Å². The molecule has 1 unspecified atom stereocenters. The molecule has 158 valence electrons. The second-order valence-corrected chi connectivity index (χ2v) is 6.05. The van der Waals surface area contributed by atoms with Crippen LogP contribution in [0.1, 0.15) is 41.3 Å². The molecule has 0 saturated carbocycles. The van der Waals surface area contributed by atoms with Gasteiger partial charge in [-0.3, -0.25) is 4.79 Å². The third-order valence-corrected chi connectivity index (χ3v) is 3.47. The normalized spacial score (nSPS) is 13.8. The van der Waals surface area contributed by atoms with E-state index in [9.17, 15) is 31.1 Å². The summed E-state index contributed by atoms with van der Waals surface area (Å²) in [5.74, 6) is -1.01. The summed E-state index contributed by atoms with van der Waals surface area (Å²) in [5.41, 5.74) is 3.84. The Balaban J connectivity index is 0. The summed E-state index contributed by atoms with van der Waals surface area (Å²) in [4.78, 5) is 12.0. The molecule has 4 nitrogen and oxygen atoms in total. The van der Waals surface area contributed by atoms with Crippen molar-refractivity contribution in [1.82, 2.24) is 5.32 Å². The van der Waals surface area contributed by atoms with Crippen molar-refractivity contribution in [1.29, 1.82) is 0 Å². The van der Waals surface area contributed by atoms with E-state index < -0.39 is 35.0 Å². The number of alkyl halides is 6. The Morgan fingerprint density at radius 3 is 1.78 bits per heavy atom. The largest absolute Gasteiger partial charge is 1.00 e. The van der Waals surface area contributed by atoms with E-state index in [0.717, 1.165) is 6.42 Å². The summed E-state index contributed by atoms with van der Waals surface area (Å²) >= 11 is 0. The van der Waals surface area contributed by atoms with Crippen LogP contribution in [0.5, 0.6) is 0 Å². The van der Waals surface area contributed by atoms with Gasteiger partial charge < -0.3 is 41.6 Å². The Labute approximate surface area is 164 Å². The minimum absolute atomic E-state index is 0. The van der Waals surface area contributed by atoms with Crippen molar-refractivity contribution in [3.63, 3.8) is 0 Å². The van der Waals surface area contributed by atoms with Gasteiger partial charge in [-0.1, -0.05) is 0 Å². The van der Waals surface area contributed by atoms with Crippen molar-refractivity contribution in [2.45, 2.75) is 44.2 Å².